The number of benzene rings is 2. The highest BCUT2D eigenvalue weighted by molar-refractivity contribution is 6.04. The molecule has 0 atom stereocenters. The van der Waals surface area contributed by atoms with E-state index in [0.717, 1.165) is 35.5 Å². The average molecular weight is 345 g/mol. The van der Waals surface area contributed by atoms with Crippen LogP contribution in [0.15, 0.2) is 66.9 Å². The number of rotatable bonds is 6. The summed E-state index contributed by atoms with van der Waals surface area (Å²) >= 11 is 0. The van der Waals surface area contributed by atoms with Gasteiger partial charge in [-0.25, -0.2) is 0 Å². The van der Waals surface area contributed by atoms with Crippen LogP contribution in [0.25, 0.3) is 0 Å². The van der Waals surface area contributed by atoms with E-state index in [0.29, 0.717) is 5.69 Å². The molecule has 0 saturated heterocycles. The number of hydrogen-bond donors (Lipinski definition) is 2. The number of aromatic nitrogens is 1. The van der Waals surface area contributed by atoms with E-state index in [1.54, 1.807) is 12.3 Å². The molecule has 1 heterocycles. The fraction of sp³-hybridized carbons (Fsp3) is 0.182. The van der Waals surface area contributed by atoms with Crippen LogP contribution < -0.4 is 10.6 Å². The van der Waals surface area contributed by atoms with E-state index < -0.39 is 0 Å². The largest absolute Gasteiger partial charge is 0.385 e. The van der Waals surface area contributed by atoms with Crippen molar-refractivity contribution in [2.24, 2.45) is 0 Å². The van der Waals surface area contributed by atoms with Gasteiger partial charge in [-0.2, -0.15) is 0 Å². The maximum atomic E-state index is 12.6. The molecule has 0 saturated carbocycles. The second-order valence-corrected chi connectivity index (χ2v) is 6.31. The molecule has 0 radical (unpaired) electrons. The lowest BCUT2D eigenvalue weighted by Gasteiger charge is -2.12. The topological polar surface area (TPSA) is 54.0 Å². The fourth-order valence-corrected chi connectivity index (χ4v) is 2.85. The second-order valence-electron chi connectivity index (χ2n) is 6.31. The molecule has 0 aliphatic rings. The van der Waals surface area contributed by atoms with Gasteiger partial charge < -0.3 is 10.6 Å². The highest BCUT2D eigenvalue weighted by Gasteiger charge is 2.11. The van der Waals surface area contributed by atoms with Crippen molar-refractivity contribution in [3.8, 4) is 0 Å². The number of anilines is 2. The highest BCUT2D eigenvalue weighted by atomic mass is 16.1. The van der Waals surface area contributed by atoms with E-state index in [-0.39, 0.29) is 5.91 Å². The lowest BCUT2D eigenvalue weighted by molar-refractivity contribution is 0.102. The Hall–Kier alpha value is -3.14. The highest BCUT2D eigenvalue weighted by Crippen LogP contribution is 2.20. The van der Waals surface area contributed by atoms with Crippen molar-refractivity contribution >= 4 is 17.3 Å². The monoisotopic (exact) mass is 345 g/mol. The van der Waals surface area contributed by atoms with Gasteiger partial charge in [0.15, 0.2) is 0 Å². The van der Waals surface area contributed by atoms with Crippen LogP contribution in [0.2, 0.25) is 0 Å². The average Bonchev–Trinajstić information content (AvgIpc) is 2.66. The number of hydrogen-bond acceptors (Lipinski definition) is 3. The third-order valence-electron chi connectivity index (χ3n) is 4.30. The van der Waals surface area contributed by atoms with Gasteiger partial charge in [0.2, 0.25) is 0 Å². The number of nitrogens with one attached hydrogen (secondary N) is 2. The molecular weight excluding hydrogens is 322 g/mol. The SMILES string of the molecule is Cc1cccc(C)c1NC(=O)c1cc(NCCc2ccccc2)ccn1. The third-order valence-corrected chi connectivity index (χ3v) is 4.30. The standard InChI is InChI=1S/C22H23N3O/c1-16-7-6-8-17(2)21(16)25-22(26)20-15-19(12-14-24-20)23-13-11-18-9-4-3-5-10-18/h3-10,12,14-15H,11,13H2,1-2H3,(H,23,24)(H,25,26). The molecule has 2 aromatic carbocycles. The Morgan fingerprint density at radius 2 is 1.69 bits per heavy atom. The summed E-state index contributed by atoms with van der Waals surface area (Å²) in [5.74, 6) is -0.200. The molecule has 3 aromatic rings. The van der Waals surface area contributed by atoms with E-state index in [4.69, 9.17) is 0 Å². The minimum atomic E-state index is -0.200. The predicted octanol–water partition coefficient (Wildman–Crippen LogP) is 4.61. The Kier molecular flexibility index (Phi) is 5.64. The first-order valence-corrected chi connectivity index (χ1v) is 8.75. The summed E-state index contributed by atoms with van der Waals surface area (Å²) in [7, 11) is 0. The summed E-state index contributed by atoms with van der Waals surface area (Å²) < 4.78 is 0. The van der Waals surface area contributed by atoms with Crippen LogP contribution in [0.5, 0.6) is 0 Å². The van der Waals surface area contributed by atoms with Gasteiger partial charge >= 0.3 is 0 Å². The van der Waals surface area contributed by atoms with Crippen LogP contribution in [-0.2, 0) is 6.42 Å². The van der Waals surface area contributed by atoms with Crippen LogP contribution in [0.4, 0.5) is 11.4 Å². The summed E-state index contributed by atoms with van der Waals surface area (Å²) in [4.78, 5) is 16.8. The first-order valence-electron chi connectivity index (χ1n) is 8.75. The van der Waals surface area contributed by atoms with Gasteiger partial charge in [-0.05, 0) is 49.1 Å². The van der Waals surface area contributed by atoms with Gasteiger partial charge in [0.1, 0.15) is 5.69 Å². The third kappa shape index (κ3) is 4.48. The van der Waals surface area contributed by atoms with E-state index >= 15 is 0 Å². The summed E-state index contributed by atoms with van der Waals surface area (Å²) in [6.07, 6.45) is 2.58. The molecular formula is C22H23N3O. The number of amides is 1. The zero-order valence-electron chi connectivity index (χ0n) is 15.1. The molecule has 0 fully saturated rings. The van der Waals surface area contributed by atoms with Gasteiger partial charge in [-0.1, -0.05) is 48.5 Å². The summed E-state index contributed by atoms with van der Waals surface area (Å²) in [5.41, 5.74) is 5.50. The molecule has 132 valence electrons. The number of para-hydroxylation sites is 1. The molecule has 0 bridgehead atoms. The van der Waals surface area contributed by atoms with Crippen LogP contribution in [-0.4, -0.2) is 17.4 Å². The first kappa shape index (κ1) is 17.7. The first-order chi connectivity index (χ1) is 12.6. The molecule has 0 aliphatic heterocycles. The molecule has 4 nitrogen and oxygen atoms in total. The second kappa shape index (κ2) is 8.30. The van der Waals surface area contributed by atoms with Gasteiger partial charge in [-0.15, -0.1) is 0 Å². The number of nitrogens with zero attached hydrogens (tertiary/aromatic N) is 1. The summed E-state index contributed by atoms with van der Waals surface area (Å²) in [6, 6.07) is 19.9. The minimum absolute atomic E-state index is 0.200. The number of carbonyl (C=O) groups excluding carboxylic acids is 1. The number of pyridine rings is 1. The maximum absolute atomic E-state index is 12.6. The lowest BCUT2D eigenvalue weighted by atomic mass is 10.1. The predicted molar refractivity (Wildman–Crippen MR) is 107 cm³/mol. The molecule has 2 N–H and O–H groups in total. The van der Waals surface area contributed by atoms with Crippen molar-refractivity contribution in [2.75, 3.05) is 17.2 Å². The molecule has 0 spiro atoms. The van der Waals surface area contributed by atoms with Gasteiger partial charge in [0, 0.05) is 24.1 Å². The zero-order chi connectivity index (χ0) is 18.4. The fourth-order valence-electron chi connectivity index (χ4n) is 2.85. The molecule has 1 amide bonds. The Balaban J connectivity index is 1.64. The van der Waals surface area contributed by atoms with E-state index in [2.05, 4.69) is 27.8 Å². The normalized spacial score (nSPS) is 10.4. The molecule has 3 rings (SSSR count). The Labute approximate surface area is 154 Å². The van der Waals surface area contributed by atoms with Crippen LogP contribution >= 0.6 is 0 Å². The van der Waals surface area contributed by atoms with E-state index in [1.807, 2.05) is 56.3 Å². The van der Waals surface area contributed by atoms with Crippen molar-refractivity contribution in [1.29, 1.82) is 0 Å². The number of aryl methyl sites for hydroxylation is 2. The van der Waals surface area contributed by atoms with Crippen molar-refractivity contribution in [3.63, 3.8) is 0 Å². The zero-order valence-corrected chi connectivity index (χ0v) is 15.1. The molecule has 1 aromatic heterocycles. The van der Waals surface area contributed by atoms with Crippen molar-refractivity contribution < 1.29 is 4.79 Å². The lowest BCUT2D eigenvalue weighted by Crippen LogP contribution is -2.16. The number of carbonyl (C=O) groups is 1. The van der Waals surface area contributed by atoms with Crippen LogP contribution in [0.3, 0.4) is 0 Å². The Morgan fingerprint density at radius 3 is 2.42 bits per heavy atom. The van der Waals surface area contributed by atoms with Gasteiger partial charge in [0.25, 0.3) is 5.91 Å². The van der Waals surface area contributed by atoms with E-state index in [9.17, 15) is 4.79 Å². The van der Waals surface area contributed by atoms with Crippen LogP contribution in [0.1, 0.15) is 27.2 Å². The molecule has 0 aliphatic carbocycles. The Morgan fingerprint density at radius 1 is 0.962 bits per heavy atom. The van der Waals surface area contributed by atoms with E-state index in [1.165, 1.54) is 5.56 Å². The molecule has 4 heteroatoms. The van der Waals surface area contributed by atoms with Gasteiger partial charge in [0.05, 0.1) is 0 Å². The maximum Gasteiger partial charge on any atom is 0.274 e. The van der Waals surface area contributed by atoms with Crippen LogP contribution in [0, 0.1) is 13.8 Å². The molecule has 0 unspecified atom stereocenters. The molecule has 26 heavy (non-hydrogen) atoms. The minimum Gasteiger partial charge on any atom is -0.385 e. The quantitative estimate of drug-likeness (QED) is 0.686. The summed E-state index contributed by atoms with van der Waals surface area (Å²) in [6.45, 7) is 4.77. The Bertz CT molecular complexity index is 871. The smallest absolute Gasteiger partial charge is 0.274 e. The van der Waals surface area contributed by atoms with Crippen molar-refractivity contribution in [2.45, 2.75) is 20.3 Å². The van der Waals surface area contributed by atoms with Crippen molar-refractivity contribution in [3.05, 3.63) is 89.2 Å². The van der Waals surface area contributed by atoms with Crippen molar-refractivity contribution in [1.82, 2.24) is 4.98 Å². The van der Waals surface area contributed by atoms with Gasteiger partial charge in [-0.3, -0.25) is 9.78 Å². The summed E-state index contributed by atoms with van der Waals surface area (Å²) in [5, 5.41) is 6.33.